The predicted molar refractivity (Wildman–Crippen MR) is 191 cm³/mol. The van der Waals surface area contributed by atoms with E-state index < -0.39 is 16.1 Å². The molecule has 1 aromatic heterocycles. The summed E-state index contributed by atoms with van der Waals surface area (Å²) in [4.78, 5) is 4.98. The Labute approximate surface area is 286 Å². The molecule has 0 unspecified atom stereocenters. The maximum atomic E-state index is 12.6. The second kappa shape index (κ2) is 13.1. The van der Waals surface area contributed by atoms with Gasteiger partial charge < -0.3 is 9.67 Å². The summed E-state index contributed by atoms with van der Waals surface area (Å²) in [7, 11) is -3.95. The molecule has 0 atom stereocenters. The van der Waals surface area contributed by atoms with Crippen LogP contribution in [0.4, 0.5) is 5.69 Å². The first-order chi connectivity index (χ1) is 22.3. The Morgan fingerprint density at radius 1 is 0.851 bits per heavy atom. The van der Waals surface area contributed by atoms with Gasteiger partial charge in [-0.05, 0) is 83.3 Å². The topological polar surface area (TPSA) is 87.5 Å². The number of benzene rings is 4. The van der Waals surface area contributed by atoms with Gasteiger partial charge in [-0.25, -0.2) is 14.0 Å². The van der Waals surface area contributed by atoms with E-state index in [1.807, 2.05) is 22.9 Å². The molecule has 2 heterocycles. The molecule has 47 heavy (non-hydrogen) atoms. The summed E-state index contributed by atoms with van der Waals surface area (Å²) >= 11 is 12.7. The van der Waals surface area contributed by atoms with Gasteiger partial charge >= 0.3 is 10.2 Å². The molecule has 6 rings (SSSR count). The van der Waals surface area contributed by atoms with Crippen LogP contribution in [-0.4, -0.2) is 23.1 Å². The molecule has 5 aromatic rings. The molecule has 2 N–H and O–H groups in total. The van der Waals surface area contributed by atoms with Crippen LogP contribution in [0, 0.1) is 5.41 Å². The van der Waals surface area contributed by atoms with E-state index in [0.717, 1.165) is 39.4 Å². The Morgan fingerprint density at radius 3 is 2.13 bits per heavy atom. The number of aromatic nitrogens is 2. The summed E-state index contributed by atoms with van der Waals surface area (Å²) in [5.74, 6) is 0.283. The number of halogens is 2. The molecule has 0 fully saturated rings. The number of aliphatic hydroxyl groups is 1. The quantitative estimate of drug-likeness (QED) is 0.162. The molecular weight excluding hydrogens is 651 g/mol. The molecule has 0 spiro atoms. The Bertz CT molecular complexity index is 2050. The van der Waals surface area contributed by atoms with Crippen molar-refractivity contribution in [3.63, 3.8) is 0 Å². The van der Waals surface area contributed by atoms with Crippen molar-refractivity contribution in [3.8, 4) is 28.1 Å². The standard InChI is InChI=1S/C37H36Cl2N4O3S/c1-37(2,3)19-5-6-25-9-13-27(14-10-25)28-15-11-26(12-16-28)20-35-40-34(32-18-17-29(38)21-33(32)39)23-42(35)30-7-4-8-31(22-30)43-24-36(44)41-47(43,45)46/h4,7-18,21-24,41,44H,5-6,19-20H2,1-3H3. The van der Waals surface area contributed by atoms with Crippen LogP contribution in [0.1, 0.15) is 50.6 Å². The Kier molecular flexibility index (Phi) is 9.12. The highest BCUT2D eigenvalue weighted by Gasteiger charge is 2.29. The van der Waals surface area contributed by atoms with E-state index in [1.54, 1.807) is 30.3 Å². The lowest BCUT2D eigenvalue weighted by molar-refractivity contribution is 0.365. The molecule has 1 aliphatic rings. The molecule has 0 bridgehead atoms. The summed E-state index contributed by atoms with van der Waals surface area (Å²) in [6.45, 7) is 6.85. The number of imidazole rings is 1. The molecule has 0 saturated heterocycles. The molecule has 7 nitrogen and oxygen atoms in total. The van der Waals surface area contributed by atoms with Crippen molar-refractivity contribution in [2.24, 2.45) is 5.41 Å². The molecule has 1 aliphatic heterocycles. The smallest absolute Gasteiger partial charge is 0.330 e. The van der Waals surface area contributed by atoms with Crippen molar-refractivity contribution in [2.75, 3.05) is 4.31 Å². The van der Waals surface area contributed by atoms with Gasteiger partial charge in [0.2, 0.25) is 5.88 Å². The van der Waals surface area contributed by atoms with Gasteiger partial charge in [0.1, 0.15) is 5.82 Å². The number of nitrogens with zero attached hydrogens (tertiary/aromatic N) is 3. The number of rotatable bonds is 9. The molecular formula is C37H36Cl2N4O3S. The number of anilines is 1. The molecule has 0 aliphatic carbocycles. The molecule has 0 radical (unpaired) electrons. The first kappa shape index (κ1) is 32.7. The summed E-state index contributed by atoms with van der Waals surface area (Å²) in [6, 6.07) is 29.6. The van der Waals surface area contributed by atoms with Crippen LogP contribution in [-0.2, 0) is 23.1 Å². The van der Waals surface area contributed by atoms with Gasteiger partial charge in [-0.2, -0.15) is 8.42 Å². The third kappa shape index (κ3) is 7.67. The second-order valence-corrected chi connectivity index (χ2v) is 15.3. The summed E-state index contributed by atoms with van der Waals surface area (Å²) in [5.41, 5.74) is 7.49. The fourth-order valence-corrected chi connectivity index (χ4v) is 7.21. The fourth-order valence-electron chi connectivity index (χ4n) is 5.66. The number of hydrogen-bond acceptors (Lipinski definition) is 4. The maximum Gasteiger partial charge on any atom is 0.330 e. The highest BCUT2D eigenvalue weighted by Crippen LogP contribution is 2.33. The lowest BCUT2D eigenvalue weighted by Crippen LogP contribution is -2.29. The van der Waals surface area contributed by atoms with Crippen LogP contribution in [0.3, 0.4) is 0 Å². The fraction of sp³-hybridized carbons (Fsp3) is 0.216. The Balaban J connectivity index is 1.29. The van der Waals surface area contributed by atoms with Crippen molar-refractivity contribution in [2.45, 2.75) is 46.5 Å². The van der Waals surface area contributed by atoms with E-state index >= 15 is 0 Å². The van der Waals surface area contributed by atoms with Gasteiger partial charge in [0.25, 0.3) is 0 Å². The van der Waals surface area contributed by atoms with Gasteiger partial charge in [0.15, 0.2) is 0 Å². The Hall–Kier alpha value is -4.24. The maximum absolute atomic E-state index is 12.6. The van der Waals surface area contributed by atoms with E-state index in [1.165, 1.54) is 24.0 Å². The lowest BCUT2D eigenvalue weighted by atomic mass is 9.89. The third-order valence-corrected chi connectivity index (χ3v) is 9.93. The van der Waals surface area contributed by atoms with Gasteiger partial charge in [0, 0.05) is 28.9 Å². The summed E-state index contributed by atoms with van der Waals surface area (Å²) < 4.78 is 30.1. The van der Waals surface area contributed by atoms with E-state index in [2.05, 4.69) is 74.0 Å². The zero-order valence-electron chi connectivity index (χ0n) is 26.4. The monoisotopic (exact) mass is 686 g/mol. The third-order valence-electron chi connectivity index (χ3n) is 8.08. The summed E-state index contributed by atoms with van der Waals surface area (Å²) in [5, 5.41) is 10.8. The number of aliphatic hydroxyl groups excluding tert-OH is 1. The Morgan fingerprint density at radius 2 is 1.51 bits per heavy atom. The van der Waals surface area contributed by atoms with E-state index in [0.29, 0.717) is 38.9 Å². The highest BCUT2D eigenvalue weighted by molar-refractivity contribution is 7.91. The van der Waals surface area contributed by atoms with E-state index in [9.17, 15) is 13.5 Å². The minimum atomic E-state index is -3.95. The van der Waals surface area contributed by atoms with Crippen LogP contribution in [0.5, 0.6) is 0 Å². The van der Waals surface area contributed by atoms with E-state index in [-0.39, 0.29) is 0 Å². The normalized spacial score (nSPS) is 14.2. The molecule has 242 valence electrons. The first-order valence-corrected chi connectivity index (χ1v) is 17.6. The number of aryl methyl sites for hydroxylation is 1. The average molecular weight is 688 g/mol. The number of hydrogen-bond donors (Lipinski definition) is 2. The van der Waals surface area contributed by atoms with Gasteiger partial charge in [0.05, 0.1) is 22.6 Å². The molecule has 4 aromatic carbocycles. The van der Waals surface area contributed by atoms with Crippen LogP contribution in [0.25, 0.3) is 28.1 Å². The first-order valence-electron chi connectivity index (χ1n) is 15.4. The second-order valence-electron chi connectivity index (χ2n) is 13.0. The van der Waals surface area contributed by atoms with Crippen LogP contribution >= 0.6 is 23.2 Å². The average Bonchev–Trinajstić information content (AvgIpc) is 3.55. The minimum absolute atomic E-state index is 0.351. The summed E-state index contributed by atoms with van der Waals surface area (Å²) in [6.07, 6.45) is 6.98. The van der Waals surface area contributed by atoms with Crippen molar-refractivity contribution in [3.05, 3.63) is 136 Å². The number of nitrogens with one attached hydrogen (secondary N) is 1. The molecule has 0 saturated carbocycles. The zero-order chi connectivity index (χ0) is 33.3. The SMILES string of the molecule is CC(C)(C)CCCc1ccc(-c2ccc(Cc3nc(-c4ccc(Cl)cc4Cl)cn3-c3cccc(N4C=C(O)NS4(=O)=O)c3)cc2)cc1. The highest BCUT2D eigenvalue weighted by atomic mass is 35.5. The van der Waals surface area contributed by atoms with Crippen molar-refractivity contribution in [1.82, 2.24) is 14.3 Å². The van der Waals surface area contributed by atoms with Crippen LogP contribution < -0.4 is 9.03 Å². The molecule has 10 heteroatoms. The lowest BCUT2D eigenvalue weighted by Gasteiger charge is -2.17. The predicted octanol–water partition coefficient (Wildman–Crippen LogP) is 9.48. The van der Waals surface area contributed by atoms with Gasteiger partial charge in [-0.1, -0.05) is 98.6 Å². The zero-order valence-corrected chi connectivity index (χ0v) is 28.7. The van der Waals surface area contributed by atoms with Crippen LogP contribution in [0.15, 0.2) is 109 Å². The van der Waals surface area contributed by atoms with Gasteiger partial charge in [-0.15, -0.1) is 0 Å². The van der Waals surface area contributed by atoms with E-state index in [4.69, 9.17) is 28.2 Å². The molecule has 0 amide bonds. The van der Waals surface area contributed by atoms with Crippen molar-refractivity contribution >= 4 is 39.1 Å². The van der Waals surface area contributed by atoms with Crippen LogP contribution in [0.2, 0.25) is 10.0 Å². The van der Waals surface area contributed by atoms with Crippen molar-refractivity contribution < 1.29 is 13.5 Å². The van der Waals surface area contributed by atoms with Crippen molar-refractivity contribution in [1.29, 1.82) is 0 Å². The largest absolute Gasteiger partial charge is 0.493 e. The van der Waals surface area contributed by atoms with Gasteiger partial charge in [-0.3, -0.25) is 0 Å². The minimum Gasteiger partial charge on any atom is -0.493 e.